The van der Waals surface area contributed by atoms with Crippen molar-refractivity contribution in [3.63, 3.8) is 0 Å². The van der Waals surface area contributed by atoms with E-state index in [0.717, 1.165) is 5.56 Å². The lowest BCUT2D eigenvalue weighted by molar-refractivity contribution is -0.147. The van der Waals surface area contributed by atoms with E-state index < -0.39 is 11.4 Å². The number of carboxylic acid groups (broad SMARTS) is 1. The molecule has 0 spiro atoms. The highest BCUT2D eigenvalue weighted by Crippen LogP contribution is 2.33. The monoisotopic (exact) mass is 289 g/mol. The molecule has 1 aromatic rings. The number of hydrogen-bond donors (Lipinski definition) is 1. The van der Waals surface area contributed by atoms with Crippen LogP contribution in [-0.2, 0) is 10.2 Å². The highest BCUT2D eigenvalue weighted by atomic mass is 16.4. The third-order valence-corrected chi connectivity index (χ3v) is 4.24. The molecule has 1 saturated heterocycles. The molecule has 1 atom stereocenters. The van der Waals surface area contributed by atoms with Gasteiger partial charge in [-0.1, -0.05) is 39.0 Å². The second kappa shape index (κ2) is 5.17. The summed E-state index contributed by atoms with van der Waals surface area (Å²) in [6.45, 7) is 8.71. The van der Waals surface area contributed by atoms with E-state index in [1.165, 1.54) is 0 Å². The Balaban J connectivity index is 2.29. The molecule has 0 bridgehead atoms. The average molecular weight is 289 g/mol. The van der Waals surface area contributed by atoms with E-state index in [-0.39, 0.29) is 17.9 Å². The number of amides is 1. The van der Waals surface area contributed by atoms with Crippen molar-refractivity contribution >= 4 is 11.9 Å². The van der Waals surface area contributed by atoms with Gasteiger partial charge in [0.05, 0.1) is 5.41 Å². The molecular formula is C17H23NO3. The predicted octanol–water partition coefficient (Wildman–Crippen LogP) is 2.92. The normalized spacial score (nSPS) is 22.4. The molecule has 1 N–H and O–H groups in total. The van der Waals surface area contributed by atoms with Gasteiger partial charge >= 0.3 is 5.97 Å². The Bertz CT molecular complexity index is 574. The minimum atomic E-state index is -0.832. The number of aliphatic carboxylic acids is 1. The third-order valence-electron chi connectivity index (χ3n) is 4.24. The molecular weight excluding hydrogens is 266 g/mol. The summed E-state index contributed by atoms with van der Waals surface area (Å²) >= 11 is 0. The molecule has 1 aromatic carbocycles. The summed E-state index contributed by atoms with van der Waals surface area (Å²) in [6, 6.07) is 7.59. The molecule has 0 aromatic heterocycles. The number of benzene rings is 1. The van der Waals surface area contributed by atoms with Crippen molar-refractivity contribution in [3.8, 4) is 0 Å². The maximum absolute atomic E-state index is 12.8. The number of carboxylic acids is 1. The molecule has 1 heterocycles. The van der Waals surface area contributed by atoms with E-state index in [9.17, 15) is 14.7 Å². The van der Waals surface area contributed by atoms with Gasteiger partial charge < -0.3 is 10.0 Å². The average Bonchev–Trinajstić information content (AvgIpc) is 2.81. The van der Waals surface area contributed by atoms with Gasteiger partial charge in [-0.3, -0.25) is 9.59 Å². The summed E-state index contributed by atoms with van der Waals surface area (Å²) in [6.07, 6.45) is 0.506. The van der Waals surface area contributed by atoms with Crippen LogP contribution in [0.15, 0.2) is 24.3 Å². The van der Waals surface area contributed by atoms with Crippen LogP contribution in [-0.4, -0.2) is 35.0 Å². The number of likely N-dealkylation sites (tertiary alicyclic amines) is 1. The summed E-state index contributed by atoms with van der Waals surface area (Å²) in [5.41, 5.74) is 0.729. The first kappa shape index (κ1) is 15.5. The largest absolute Gasteiger partial charge is 0.481 e. The number of carbonyl (C=O) groups excluding carboxylic acids is 1. The van der Waals surface area contributed by atoms with Crippen molar-refractivity contribution in [1.29, 1.82) is 0 Å². The van der Waals surface area contributed by atoms with Gasteiger partial charge in [0.25, 0.3) is 5.91 Å². The Morgan fingerprint density at radius 1 is 1.24 bits per heavy atom. The first-order chi connectivity index (χ1) is 9.65. The molecule has 2 rings (SSSR count). The van der Waals surface area contributed by atoms with Crippen LogP contribution < -0.4 is 0 Å². The third kappa shape index (κ3) is 2.94. The first-order valence-electron chi connectivity index (χ1n) is 7.27. The summed E-state index contributed by atoms with van der Waals surface area (Å²) in [4.78, 5) is 25.7. The van der Waals surface area contributed by atoms with E-state index in [4.69, 9.17) is 0 Å². The maximum atomic E-state index is 12.8. The molecule has 0 radical (unpaired) electrons. The number of nitrogens with zero attached hydrogens (tertiary/aromatic N) is 1. The van der Waals surface area contributed by atoms with Crippen LogP contribution in [0.2, 0.25) is 0 Å². The zero-order valence-corrected chi connectivity index (χ0v) is 13.1. The van der Waals surface area contributed by atoms with E-state index in [1.54, 1.807) is 11.8 Å². The van der Waals surface area contributed by atoms with E-state index in [0.29, 0.717) is 18.5 Å². The first-order valence-corrected chi connectivity index (χ1v) is 7.27. The lowest BCUT2D eigenvalue weighted by Crippen LogP contribution is -2.35. The fourth-order valence-corrected chi connectivity index (χ4v) is 2.80. The van der Waals surface area contributed by atoms with Crippen LogP contribution in [0, 0.1) is 5.41 Å². The van der Waals surface area contributed by atoms with Crippen molar-refractivity contribution in [2.45, 2.75) is 39.5 Å². The molecule has 1 unspecified atom stereocenters. The van der Waals surface area contributed by atoms with Crippen LogP contribution in [0.5, 0.6) is 0 Å². The molecule has 1 aliphatic heterocycles. The van der Waals surface area contributed by atoms with Crippen LogP contribution in [0.1, 0.15) is 50.0 Å². The van der Waals surface area contributed by atoms with Crippen LogP contribution in [0.25, 0.3) is 0 Å². The fourth-order valence-electron chi connectivity index (χ4n) is 2.80. The van der Waals surface area contributed by atoms with Crippen LogP contribution in [0.3, 0.4) is 0 Å². The summed E-state index contributed by atoms with van der Waals surface area (Å²) in [5, 5.41) is 9.29. The quantitative estimate of drug-likeness (QED) is 0.910. The highest BCUT2D eigenvalue weighted by Gasteiger charge is 2.42. The molecule has 1 amide bonds. The van der Waals surface area contributed by atoms with E-state index in [1.807, 2.05) is 24.3 Å². The smallest absolute Gasteiger partial charge is 0.311 e. The SMILES string of the molecule is CC1(C(=O)O)CCN(C(=O)c2ccccc2C(C)(C)C)C1. The summed E-state index contributed by atoms with van der Waals surface area (Å²) < 4.78 is 0. The second-order valence-corrected chi connectivity index (χ2v) is 7.14. The van der Waals surface area contributed by atoms with Crippen molar-refractivity contribution in [1.82, 2.24) is 4.90 Å². The zero-order chi connectivity index (χ0) is 15.8. The molecule has 0 aliphatic carbocycles. The van der Waals surface area contributed by atoms with Crippen molar-refractivity contribution in [3.05, 3.63) is 35.4 Å². The predicted molar refractivity (Wildman–Crippen MR) is 81.4 cm³/mol. The topological polar surface area (TPSA) is 57.6 Å². The lowest BCUT2D eigenvalue weighted by atomic mass is 9.83. The Morgan fingerprint density at radius 2 is 1.86 bits per heavy atom. The van der Waals surface area contributed by atoms with Crippen LogP contribution >= 0.6 is 0 Å². The molecule has 4 nitrogen and oxygen atoms in total. The lowest BCUT2D eigenvalue weighted by Gasteiger charge is -2.25. The Morgan fingerprint density at radius 3 is 2.38 bits per heavy atom. The summed E-state index contributed by atoms with van der Waals surface area (Å²) in [7, 11) is 0. The van der Waals surface area contributed by atoms with Gasteiger partial charge in [-0.25, -0.2) is 0 Å². The van der Waals surface area contributed by atoms with Gasteiger partial charge in [-0.05, 0) is 30.4 Å². The molecule has 4 heteroatoms. The molecule has 1 fully saturated rings. The summed E-state index contributed by atoms with van der Waals surface area (Å²) in [5.74, 6) is -0.896. The second-order valence-electron chi connectivity index (χ2n) is 7.14. The Kier molecular flexibility index (Phi) is 3.83. The van der Waals surface area contributed by atoms with Gasteiger partial charge in [0.2, 0.25) is 0 Å². The molecule has 21 heavy (non-hydrogen) atoms. The molecule has 114 valence electrons. The number of carbonyl (C=O) groups is 2. The van der Waals surface area contributed by atoms with Gasteiger partial charge in [-0.15, -0.1) is 0 Å². The van der Waals surface area contributed by atoms with E-state index in [2.05, 4.69) is 20.8 Å². The van der Waals surface area contributed by atoms with Gasteiger partial charge in [0, 0.05) is 18.7 Å². The van der Waals surface area contributed by atoms with Crippen molar-refractivity contribution in [2.75, 3.05) is 13.1 Å². The maximum Gasteiger partial charge on any atom is 0.311 e. The van der Waals surface area contributed by atoms with Crippen molar-refractivity contribution in [2.24, 2.45) is 5.41 Å². The van der Waals surface area contributed by atoms with Gasteiger partial charge in [0.15, 0.2) is 0 Å². The molecule has 0 saturated carbocycles. The zero-order valence-electron chi connectivity index (χ0n) is 13.1. The van der Waals surface area contributed by atoms with Crippen molar-refractivity contribution < 1.29 is 14.7 Å². The van der Waals surface area contributed by atoms with Gasteiger partial charge in [0.1, 0.15) is 0 Å². The Hall–Kier alpha value is -1.84. The van der Waals surface area contributed by atoms with Gasteiger partial charge in [-0.2, -0.15) is 0 Å². The van der Waals surface area contributed by atoms with E-state index >= 15 is 0 Å². The Labute approximate surface area is 125 Å². The molecule has 1 aliphatic rings. The minimum Gasteiger partial charge on any atom is -0.481 e. The standard InChI is InChI=1S/C17H23NO3/c1-16(2,3)13-8-6-5-7-12(13)14(19)18-10-9-17(4,11-18)15(20)21/h5-8H,9-11H2,1-4H3,(H,20,21). The minimum absolute atomic E-state index is 0.0644. The highest BCUT2D eigenvalue weighted by molar-refractivity contribution is 5.96. The number of rotatable bonds is 2. The van der Waals surface area contributed by atoms with Crippen LogP contribution in [0.4, 0.5) is 0 Å². The fraction of sp³-hybridized carbons (Fsp3) is 0.529. The number of hydrogen-bond acceptors (Lipinski definition) is 2.